The van der Waals surface area contributed by atoms with Gasteiger partial charge in [0, 0.05) is 11.4 Å². The molecule has 2 N–H and O–H groups in total. The normalized spacial score (nSPS) is 17.3. The SMILES string of the molecule is CCc1cccc(CC)c1NC(=O)C1CC1C(=O)Nc1cccc(C(=O)OC)c1. The molecule has 0 spiro atoms. The topological polar surface area (TPSA) is 84.5 Å². The summed E-state index contributed by atoms with van der Waals surface area (Å²) in [5.41, 5.74) is 3.93. The molecule has 6 heteroatoms. The molecule has 2 atom stereocenters. The number of hydrogen-bond acceptors (Lipinski definition) is 4. The second-order valence-electron chi connectivity index (χ2n) is 7.16. The molecular formula is C23H26N2O4. The van der Waals surface area contributed by atoms with Crippen LogP contribution in [0.3, 0.4) is 0 Å². The van der Waals surface area contributed by atoms with Gasteiger partial charge in [0.05, 0.1) is 24.5 Å². The van der Waals surface area contributed by atoms with Crippen LogP contribution < -0.4 is 10.6 Å². The number of esters is 1. The molecular weight excluding hydrogens is 368 g/mol. The molecule has 2 amide bonds. The highest BCUT2D eigenvalue weighted by molar-refractivity contribution is 6.04. The Labute approximate surface area is 170 Å². The van der Waals surface area contributed by atoms with Crippen LogP contribution in [0.5, 0.6) is 0 Å². The average Bonchev–Trinajstić information content (AvgIpc) is 3.54. The summed E-state index contributed by atoms with van der Waals surface area (Å²) in [6.45, 7) is 4.11. The third-order valence-electron chi connectivity index (χ3n) is 5.26. The van der Waals surface area contributed by atoms with E-state index in [1.165, 1.54) is 7.11 Å². The van der Waals surface area contributed by atoms with Crippen molar-refractivity contribution >= 4 is 29.2 Å². The molecule has 2 aromatic rings. The predicted octanol–water partition coefficient (Wildman–Crippen LogP) is 3.81. The van der Waals surface area contributed by atoms with Gasteiger partial charge in [0.25, 0.3) is 0 Å². The number of aryl methyl sites for hydroxylation is 2. The van der Waals surface area contributed by atoms with Gasteiger partial charge in [-0.15, -0.1) is 0 Å². The molecule has 2 unspecified atom stereocenters. The molecule has 6 nitrogen and oxygen atoms in total. The van der Waals surface area contributed by atoms with E-state index in [2.05, 4.69) is 24.5 Å². The fraction of sp³-hybridized carbons (Fsp3) is 0.348. The summed E-state index contributed by atoms with van der Waals surface area (Å²) in [6, 6.07) is 12.6. The molecule has 0 aliphatic heterocycles. The molecule has 152 valence electrons. The Balaban J connectivity index is 1.63. The molecule has 1 aliphatic rings. The second kappa shape index (κ2) is 8.90. The summed E-state index contributed by atoms with van der Waals surface area (Å²) in [5, 5.41) is 5.83. The van der Waals surface area contributed by atoms with Gasteiger partial charge in [-0.2, -0.15) is 0 Å². The Morgan fingerprint density at radius 3 is 2.10 bits per heavy atom. The zero-order valence-electron chi connectivity index (χ0n) is 17.0. The van der Waals surface area contributed by atoms with Crippen molar-refractivity contribution in [2.24, 2.45) is 11.8 Å². The Hall–Kier alpha value is -3.15. The summed E-state index contributed by atoms with van der Waals surface area (Å²) in [7, 11) is 1.31. The fourth-order valence-electron chi connectivity index (χ4n) is 3.47. The van der Waals surface area contributed by atoms with Crippen molar-refractivity contribution in [3.8, 4) is 0 Å². The number of benzene rings is 2. The highest BCUT2D eigenvalue weighted by Gasteiger charge is 2.48. The van der Waals surface area contributed by atoms with Crippen LogP contribution in [-0.2, 0) is 27.2 Å². The standard InChI is InChI=1S/C23H26N2O4/c1-4-14-8-6-9-15(5-2)20(14)25-22(27)19-13-18(19)21(26)24-17-11-7-10-16(12-17)23(28)29-3/h6-12,18-19H,4-5,13H2,1-3H3,(H,24,26)(H,25,27). The number of hydrogen-bond donors (Lipinski definition) is 2. The first-order chi connectivity index (χ1) is 14.0. The van der Waals surface area contributed by atoms with E-state index in [0.29, 0.717) is 17.7 Å². The van der Waals surface area contributed by atoms with Gasteiger partial charge in [0.15, 0.2) is 0 Å². The molecule has 0 radical (unpaired) electrons. The van der Waals surface area contributed by atoms with Crippen LogP contribution in [0.15, 0.2) is 42.5 Å². The summed E-state index contributed by atoms with van der Waals surface area (Å²) in [5.74, 6) is -1.51. The van der Waals surface area contributed by atoms with Gasteiger partial charge < -0.3 is 15.4 Å². The predicted molar refractivity (Wildman–Crippen MR) is 112 cm³/mol. The summed E-state index contributed by atoms with van der Waals surface area (Å²) >= 11 is 0. The number of amides is 2. The molecule has 29 heavy (non-hydrogen) atoms. The summed E-state index contributed by atoms with van der Waals surface area (Å²) in [4.78, 5) is 36.9. The van der Waals surface area contributed by atoms with Crippen LogP contribution in [0.4, 0.5) is 11.4 Å². The van der Waals surface area contributed by atoms with E-state index < -0.39 is 5.97 Å². The lowest BCUT2D eigenvalue weighted by atomic mass is 10.0. The lowest BCUT2D eigenvalue weighted by Gasteiger charge is -2.14. The van der Waals surface area contributed by atoms with Gasteiger partial charge in [-0.25, -0.2) is 4.79 Å². The van der Waals surface area contributed by atoms with Crippen LogP contribution in [0.25, 0.3) is 0 Å². The van der Waals surface area contributed by atoms with Gasteiger partial charge in [0.1, 0.15) is 0 Å². The van der Waals surface area contributed by atoms with Crippen molar-refractivity contribution in [1.29, 1.82) is 0 Å². The van der Waals surface area contributed by atoms with Crippen molar-refractivity contribution in [2.45, 2.75) is 33.1 Å². The van der Waals surface area contributed by atoms with Crippen molar-refractivity contribution in [3.63, 3.8) is 0 Å². The zero-order valence-corrected chi connectivity index (χ0v) is 17.0. The maximum atomic E-state index is 12.7. The van der Waals surface area contributed by atoms with Gasteiger partial charge in [-0.3, -0.25) is 9.59 Å². The van der Waals surface area contributed by atoms with E-state index in [1.54, 1.807) is 24.3 Å². The molecule has 1 aliphatic carbocycles. The van der Waals surface area contributed by atoms with E-state index in [4.69, 9.17) is 4.74 Å². The number of rotatable bonds is 7. The quantitative estimate of drug-likeness (QED) is 0.700. The van der Waals surface area contributed by atoms with Crippen LogP contribution in [-0.4, -0.2) is 24.9 Å². The molecule has 3 rings (SSSR count). The largest absolute Gasteiger partial charge is 0.465 e. The summed E-state index contributed by atoms with van der Waals surface area (Å²) < 4.78 is 4.69. The molecule has 0 heterocycles. The van der Waals surface area contributed by atoms with Gasteiger partial charge >= 0.3 is 5.97 Å². The molecule has 0 bridgehead atoms. The number of nitrogens with one attached hydrogen (secondary N) is 2. The van der Waals surface area contributed by atoms with Gasteiger partial charge in [-0.1, -0.05) is 38.1 Å². The highest BCUT2D eigenvalue weighted by Crippen LogP contribution is 2.40. The molecule has 1 fully saturated rings. The minimum absolute atomic E-state index is 0.121. The van der Waals surface area contributed by atoms with Crippen molar-refractivity contribution in [2.75, 3.05) is 17.7 Å². The number of para-hydroxylation sites is 1. The first-order valence-electron chi connectivity index (χ1n) is 9.89. The lowest BCUT2D eigenvalue weighted by molar-refractivity contribution is -0.122. The van der Waals surface area contributed by atoms with Crippen LogP contribution in [0.1, 0.15) is 41.8 Å². The van der Waals surface area contributed by atoms with E-state index >= 15 is 0 Å². The monoisotopic (exact) mass is 394 g/mol. The van der Waals surface area contributed by atoms with Crippen molar-refractivity contribution < 1.29 is 19.1 Å². The van der Waals surface area contributed by atoms with E-state index in [0.717, 1.165) is 29.7 Å². The highest BCUT2D eigenvalue weighted by atomic mass is 16.5. The fourth-order valence-corrected chi connectivity index (χ4v) is 3.47. The number of carbonyl (C=O) groups is 3. The average molecular weight is 394 g/mol. The third kappa shape index (κ3) is 4.65. The number of methoxy groups -OCH3 is 1. The maximum Gasteiger partial charge on any atom is 0.337 e. The molecule has 2 aromatic carbocycles. The Morgan fingerprint density at radius 2 is 1.52 bits per heavy atom. The number of anilines is 2. The van der Waals surface area contributed by atoms with E-state index in [9.17, 15) is 14.4 Å². The summed E-state index contributed by atoms with van der Waals surface area (Å²) in [6.07, 6.45) is 2.17. The first kappa shape index (κ1) is 20.6. The van der Waals surface area contributed by atoms with E-state index in [1.807, 2.05) is 18.2 Å². The Kier molecular flexibility index (Phi) is 6.32. The third-order valence-corrected chi connectivity index (χ3v) is 5.26. The van der Waals surface area contributed by atoms with Gasteiger partial charge in [0.2, 0.25) is 11.8 Å². The van der Waals surface area contributed by atoms with Crippen molar-refractivity contribution in [3.05, 3.63) is 59.2 Å². The molecule has 1 saturated carbocycles. The zero-order chi connectivity index (χ0) is 21.0. The number of carbonyl (C=O) groups excluding carboxylic acids is 3. The van der Waals surface area contributed by atoms with Crippen LogP contribution >= 0.6 is 0 Å². The smallest absolute Gasteiger partial charge is 0.337 e. The van der Waals surface area contributed by atoms with Crippen molar-refractivity contribution in [1.82, 2.24) is 0 Å². The Bertz CT molecular complexity index is 916. The molecule has 0 aromatic heterocycles. The first-order valence-corrected chi connectivity index (χ1v) is 9.89. The second-order valence-corrected chi connectivity index (χ2v) is 7.16. The minimum atomic E-state index is -0.467. The van der Waals surface area contributed by atoms with Gasteiger partial charge in [-0.05, 0) is 48.6 Å². The maximum absolute atomic E-state index is 12.7. The van der Waals surface area contributed by atoms with Crippen LogP contribution in [0.2, 0.25) is 0 Å². The minimum Gasteiger partial charge on any atom is -0.465 e. The Morgan fingerprint density at radius 1 is 0.931 bits per heavy atom. The lowest BCUT2D eigenvalue weighted by Crippen LogP contribution is -2.21. The molecule has 0 saturated heterocycles. The van der Waals surface area contributed by atoms with E-state index in [-0.39, 0.29) is 23.7 Å². The van der Waals surface area contributed by atoms with Crippen LogP contribution in [0, 0.1) is 11.8 Å². The number of ether oxygens (including phenoxy) is 1.